The van der Waals surface area contributed by atoms with Gasteiger partial charge in [0.05, 0.1) is 10.7 Å². The van der Waals surface area contributed by atoms with Gasteiger partial charge in [0.15, 0.2) is 0 Å². The predicted octanol–water partition coefficient (Wildman–Crippen LogP) is 3.60. The Balaban J connectivity index is 0.000000221. The third-order valence-corrected chi connectivity index (χ3v) is 7.08. The second-order valence-electron chi connectivity index (χ2n) is 7.82. The summed E-state index contributed by atoms with van der Waals surface area (Å²) in [7, 11) is 0. The van der Waals surface area contributed by atoms with Crippen molar-refractivity contribution >= 4 is 23.3 Å². The van der Waals surface area contributed by atoms with E-state index in [1.165, 1.54) is 71.9 Å². The Labute approximate surface area is 173 Å². The van der Waals surface area contributed by atoms with E-state index in [0.29, 0.717) is 17.7 Å². The van der Waals surface area contributed by atoms with Crippen LogP contribution in [0.4, 0.5) is 0 Å². The number of carbonyl (C=O) groups is 2. The number of aliphatic carboxylic acids is 2. The summed E-state index contributed by atoms with van der Waals surface area (Å²) in [5.74, 6) is -2.51. The molecule has 152 valence electrons. The molecule has 0 saturated carbocycles. The zero-order valence-corrected chi connectivity index (χ0v) is 17.0. The third-order valence-electron chi connectivity index (χ3n) is 6.03. The Morgan fingerprint density at radius 2 is 1.76 bits per heavy atom. The zero-order valence-electron chi connectivity index (χ0n) is 16.1. The highest BCUT2D eigenvalue weighted by Crippen LogP contribution is 2.44. The number of hydrogen-bond donors (Lipinski definition) is 2. The number of nitrogens with zero attached hydrogens (tertiary/aromatic N) is 2. The van der Waals surface area contributed by atoms with Gasteiger partial charge in [-0.1, -0.05) is 24.3 Å². The van der Waals surface area contributed by atoms with Gasteiger partial charge in [0, 0.05) is 41.0 Å². The van der Waals surface area contributed by atoms with Gasteiger partial charge in [0.25, 0.3) is 0 Å². The molecule has 0 unspecified atom stereocenters. The van der Waals surface area contributed by atoms with Crippen LogP contribution in [0.25, 0.3) is 11.3 Å². The normalized spacial score (nSPS) is 18.8. The van der Waals surface area contributed by atoms with Crippen molar-refractivity contribution in [3.05, 3.63) is 51.9 Å². The first-order valence-electron chi connectivity index (χ1n) is 9.93. The second-order valence-corrected chi connectivity index (χ2v) is 8.99. The minimum Gasteiger partial charge on any atom is -0.478 e. The molecule has 1 aromatic carbocycles. The van der Waals surface area contributed by atoms with E-state index in [9.17, 15) is 9.59 Å². The smallest absolute Gasteiger partial charge is 0.328 e. The van der Waals surface area contributed by atoms with Gasteiger partial charge < -0.3 is 10.2 Å². The molecular weight excluding hydrogens is 388 g/mol. The topological polar surface area (TPSA) is 90.7 Å². The molecule has 5 rings (SSSR count). The summed E-state index contributed by atoms with van der Waals surface area (Å²) in [6, 6.07) is 8.77. The van der Waals surface area contributed by atoms with Gasteiger partial charge in [-0.2, -0.15) is 0 Å². The lowest BCUT2D eigenvalue weighted by Crippen LogP contribution is -2.40. The molecular formula is C22H24N2O4S. The van der Waals surface area contributed by atoms with Crippen LogP contribution in [0.3, 0.4) is 0 Å². The molecule has 1 aliphatic carbocycles. The molecule has 1 aromatic heterocycles. The summed E-state index contributed by atoms with van der Waals surface area (Å²) in [5.41, 5.74) is 4.58. The zero-order chi connectivity index (χ0) is 20.4. The number of hydrogen-bond acceptors (Lipinski definition) is 5. The Kier molecular flexibility index (Phi) is 5.52. The molecule has 2 N–H and O–H groups in total. The Morgan fingerprint density at radius 1 is 1.10 bits per heavy atom. The van der Waals surface area contributed by atoms with Gasteiger partial charge in [-0.15, -0.1) is 11.3 Å². The van der Waals surface area contributed by atoms with Crippen LogP contribution in [0.5, 0.6) is 0 Å². The van der Waals surface area contributed by atoms with Gasteiger partial charge in [0.1, 0.15) is 0 Å². The minimum atomic E-state index is -1.26. The van der Waals surface area contributed by atoms with Crippen LogP contribution in [-0.2, 0) is 22.4 Å². The summed E-state index contributed by atoms with van der Waals surface area (Å²) in [5, 5.41) is 17.0. The van der Waals surface area contributed by atoms with E-state index < -0.39 is 11.9 Å². The Bertz CT molecular complexity index is 939. The first kappa shape index (κ1) is 19.8. The van der Waals surface area contributed by atoms with Crippen molar-refractivity contribution in [1.82, 2.24) is 9.88 Å². The van der Waals surface area contributed by atoms with Crippen LogP contribution < -0.4 is 0 Å². The molecule has 6 nitrogen and oxygen atoms in total. The average Bonchev–Trinajstić information content (AvgIpc) is 3.40. The first-order chi connectivity index (χ1) is 14.0. The molecule has 0 radical (unpaired) electrons. The summed E-state index contributed by atoms with van der Waals surface area (Å²) < 4.78 is 0. The number of benzene rings is 1. The lowest BCUT2D eigenvalue weighted by Gasteiger charge is -2.31. The molecule has 0 atom stereocenters. The number of rotatable bonds is 4. The SMILES string of the molecule is O=C(O)/C=C/C(=O)O.c1ccc2c(c1)Cc1sc(CC34CCCN3CCC4)nc1-2. The van der Waals surface area contributed by atoms with Gasteiger partial charge >= 0.3 is 11.9 Å². The van der Waals surface area contributed by atoms with Crippen LogP contribution in [0, 0.1) is 0 Å². The van der Waals surface area contributed by atoms with E-state index >= 15 is 0 Å². The van der Waals surface area contributed by atoms with Crippen molar-refractivity contribution in [2.75, 3.05) is 13.1 Å². The van der Waals surface area contributed by atoms with Gasteiger partial charge in [-0.05, 0) is 44.3 Å². The van der Waals surface area contributed by atoms with E-state index in [4.69, 9.17) is 15.2 Å². The van der Waals surface area contributed by atoms with E-state index in [1.54, 1.807) is 0 Å². The van der Waals surface area contributed by atoms with Crippen LogP contribution in [0.1, 0.15) is 41.1 Å². The standard InChI is InChI=1S/C18H20N2S.C4H4O4/c1-2-6-14-13(5-1)11-15-17(14)19-16(21-15)12-18-7-3-9-20(18)10-4-8-18;5-3(6)1-2-4(7)8/h1-2,5-6H,3-4,7-12H2;1-2H,(H,5,6)(H,7,8)/b;2-1+. The van der Waals surface area contributed by atoms with Gasteiger partial charge in [0.2, 0.25) is 0 Å². The fraction of sp³-hybridized carbons (Fsp3) is 0.409. The van der Waals surface area contributed by atoms with E-state index in [0.717, 1.165) is 6.42 Å². The highest BCUT2D eigenvalue weighted by Gasteiger charge is 2.44. The number of carboxylic acids is 2. The summed E-state index contributed by atoms with van der Waals surface area (Å²) in [4.78, 5) is 28.4. The molecule has 0 spiro atoms. The van der Waals surface area contributed by atoms with Crippen molar-refractivity contribution in [1.29, 1.82) is 0 Å². The van der Waals surface area contributed by atoms with Crippen molar-refractivity contribution < 1.29 is 19.8 Å². The van der Waals surface area contributed by atoms with E-state index in [2.05, 4.69) is 29.2 Å². The lowest BCUT2D eigenvalue weighted by molar-refractivity contribution is -0.134. The second kappa shape index (κ2) is 8.08. The predicted molar refractivity (Wildman–Crippen MR) is 111 cm³/mol. The van der Waals surface area contributed by atoms with Crippen LogP contribution >= 0.6 is 11.3 Å². The Morgan fingerprint density at radius 3 is 2.41 bits per heavy atom. The minimum absolute atomic E-state index is 0.463. The van der Waals surface area contributed by atoms with Crippen molar-refractivity contribution in [2.45, 2.75) is 44.1 Å². The molecule has 2 fully saturated rings. The molecule has 0 bridgehead atoms. The molecule has 3 aliphatic rings. The van der Waals surface area contributed by atoms with Gasteiger partial charge in [-0.3, -0.25) is 4.90 Å². The molecule has 3 heterocycles. The number of fused-ring (bicyclic) bond motifs is 4. The fourth-order valence-corrected chi connectivity index (χ4v) is 6.06. The average molecular weight is 413 g/mol. The third kappa shape index (κ3) is 4.11. The lowest BCUT2D eigenvalue weighted by atomic mass is 9.91. The maximum absolute atomic E-state index is 9.55. The van der Waals surface area contributed by atoms with Crippen molar-refractivity contribution in [3.63, 3.8) is 0 Å². The summed E-state index contributed by atoms with van der Waals surface area (Å²) >= 11 is 1.97. The molecule has 2 aliphatic heterocycles. The summed E-state index contributed by atoms with van der Waals surface area (Å²) in [6.45, 7) is 2.63. The number of aromatic nitrogens is 1. The van der Waals surface area contributed by atoms with Crippen molar-refractivity contribution in [3.8, 4) is 11.3 Å². The highest BCUT2D eigenvalue weighted by molar-refractivity contribution is 7.12. The quantitative estimate of drug-likeness (QED) is 0.637. The van der Waals surface area contributed by atoms with Crippen molar-refractivity contribution in [2.24, 2.45) is 0 Å². The van der Waals surface area contributed by atoms with Crippen LogP contribution in [0.2, 0.25) is 0 Å². The first-order valence-corrected chi connectivity index (χ1v) is 10.7. The molecule has 7 heteroatoms. The van der Waals surface area contributed by atoms with Crippen LogP contribution in [0.15, 0.2) is 36.4 Å². The molecule has 2 aromatic rings. The number of thiazole rings is 1. The highest BCUT2D eigenvalue weighted by atomic mass is 32.1. The molecule has 29 heavy (non-hydrogen) atoms. The fourth-order valence-electron chi connectivity index (χ4n) is 4.82. The van der Waals surface area contributed by atoms with E-state index in [-0.39, 0.29) is 0 Å². The summed E-state index contributed by atoms with van der Waals surface area (Å²) in [6.07, 6.45) is 8.93. The van der Waals surface area contributed by atoms with Gasteiger partial charge in [-0.25, -0.2) is 14.6 Å². The largest absolute Gasteiger partial charge is 0.478 e. The number of carboxylic acid groups (broad SMARTS) is 2. The molecule has 2 saturated heterocycles. The maximum atomic E-state index is 9.55. The Hall–Kier alpha value is -2.51. The molecule has 0 amide bonds. The van der Waals surface area contributed by atoms with Crippen LogP contribution in [-0.4, -0.2) is 50.7 Å². The van der Waals surface area contributed by atoms with E-state index in [1.807, 2.05) is 11.3 Å². The maximum Gasteiger partial charge on any atom is 0.328 e. The monoisotopic (exact) mass is 412 g/mol.